The zero-order chi connectivity index (χ0) is 25.3. The average molecular weight is 511 g/mol. The summed E-state index contributed by atoms with van der Waals surface area (Å²) in [6.45, 7) is -0.372. The van der Waals surface area contributed by atoms with Crippen LogP contribution < -0.4 is 14.2 Å². The van der Waals surface area contributed by atoms with Crippen molar-refractivity contribution >= 4 is 28.1 Å². The number of fused-ring (bicyclic) bond motifs is 1. The van der Waals surface area contributed by atoms with Crippen molar-refractivity contribution in [2.45, 2.75) is 25.7 Å². The van der Waals surface area contributed by atoms with Crippen molar-refractivity contribution in [2.24, 2.45) is 0 Å². The van der Waals surface area contributed by atoms with E-state index in [0.29, 0.717) is 5.56 Å². The van der Waals surface area contributed by atoms with Crippen LogP contribution in [0, 0.1) is 5.82 Å². The molecule has 4 rings (SSSR count). The van der Waals surface area contributed by atoms with Gasteiger partial charge < -0.3 is 14.4 Å². The third-order valence-corrected chi connectivity index (χ3v) is 7.03. The fraction of sp³-hybridized carbons (Fsp3) is 0.364. The second-order valence-electron chi connectivity index (χ2n) is 8.39. The Morgan fingerprint density at radius 1 is 1.29 bits per heavy atom. The van der Waals surface area contributed by atoms with Crippen LogP contribution in [0.15, 0.2) is 36.4 Å². The van der Waals surface area contributed by atoms with Crippen molar-refractivity contribution in [3.8, 4) is 11.5 Å². The summed E-state index contributed by atoms with van der Waals surface area (Å²) >= 11 is 0. The number of carbonyl (C=O) groups excluding carboxylic acids is 2. The molecule has 0 aromatic heterocycles. The minimum atomic E-state index is -4.13. The van der Waals surface area contributed by atoms with Crippen LogP contribution in [0.4, 0.5) is 24.1 Å². The molecule has 1 fully saturated rings. The number of hydrogen-bond acceptors (Lipinski definition) is 6. The zero-order valence-corrected chi connectivity index (χ0v) is 19.8. The number of benzene rings is 2. The van der Waals surface area contributed by atoms with E-state index < -0.39 is 34.4 Å². The van der Waals surface area contributed by atoms with Gasteiger partial charge in [-0.1, -0.05) is 12.1 Å². The largest absolute Gasteiger partial charge is 0.415 e. The highest BCUT2D eigenvalue weighted by Crippen LogP contribution is 2.32. The zero-order valence-electron chi connectivity index (χ0n) is 19.0. The molecular weight excluding hydrogens is 486 g/mol. The van der Waals surface area contributed by atoms with Gasteiger partial charge in [0.15, 0.2) is 5.82 Å². The van der Waals surface area contributed by atoms with Crippen molar-refractivity contribution in [3.63, 3.8) is 0 Å². The van der Waals surface area contributed by atoms with Crippen LogP contribution in [-0.4, -0.2) is 68.1 Å². The number of alkyl halides is 1. The first kappa shape index (κ1) is 24.7. The van der Waals surface area contributed by atoms with Crippen LogP contribution in [0.2, 0.25) is 0 Å². The van der Waals surface area contributed by atoms with Gasteiger partial charge in [-0.25, -0.2) is 18.4 Å². The van der Waals surface area contributed by atoms with Gasteiger partial charge in [0.2, 0.25) is 0 Å². The molecule has 2 aliphatic rings. The molecule has 1 N–H and O–H groups in total. The fourth-order valence-electron chi connectivity index (χ4n) is 3.66. The van der Waals surface area contributed by atoms with Crippen LogP contribution >= 0.6 is 0 Å². The molecule has 1 saturated heterocycles. The molecule has 13 heteroatoms. The summed E-state index contributed by atoms with van der Waals surface area (Å²) in [5, 5.41) is 0. The van der Waals surface area contributed by atoms with Gasteiger partial charge in [-0.05, 0) is 24.6 Å². The summed E-state index contributed by atoms with van der Waals surface area (Å²) in [6, 6.07) is 8.72. The van der Waals surface area contributed by atoms with Gasteiger partial charge in [0.25, 0.3) is 0 Å². The Hall–Kier alpha value is -3.45. The van der Waals surface area contributed by atoms with E-state index >= 15 is 4.39 Å². The Morgan fingerprint density at radius 3 is 2.74 bits per heavy atom. The highest BCUT2D eigenvalue weighted by atomic mass is 32.2. The smallest absolute Gasteiger partial charge is 0.410 e. The van der Waals surface area contributed by atoms with Gasteiger partial charge in [0.1, 0.15) is 17.7 Å². The molecule has 0 bridgehead atoms. The molecule has 0 spiro atoms. The molecule has 2 amide bonds. The lowest BCUT2D eigenvalue weighted by molar-refractivity contribution is 0.134. The minimum Gasteiger partial charge on any atom is -0.410 e. The summed E-state index contributed by atoms with van der Waals surface area (Å²) in [4.78, 5) is 26.8. The van der Waals surface area contributed by atoms with Gasteiger partial charge in [-0.15, -0.1) is 0 Å². The Bertz CT molecular complexity index is 1260. The highest BCUT2D eigenvalue weighted by Gasteiger charge is 2.32. The van der Waals surface area contributed by atoms with Crippen molar-refractivity contribution in [3.05, 3.63) is 53.3 Å². The van der Waals surface area contributed by atoms with E-state index in [4.69, 9.17) is 9.47 Å². The molecule has 2 aromatic carbocycles. The lowest BCUT2D eigenvalue weighted by Crippen LogP contribution is -2.37. The first-order valence-electron chi connectivity index (χ1n) is 10.7. The third-order valence-electron chi connectivity index (χ3n) is 5.54. The van der Waals surface area contributed by atoms with Crippen molar-refractivity contribution in [2.75, 3.05) is 31.9 Å². The van der Waals surface area contributed by atoms with Crippen LogP contribution in [0.5, 0.6) is 11.5 Å². The van der Waals surface area contributed by atoms with Crippen LogP contribution in [0.25, 0.3) is 0 Å². The summed E-state index contributed by atoms with van der Waals surface area (Å²) < 4.78 is 67.1. The second-order valence-corrected chi connectivity index (χ2v) is 10.1. The lowest BCUT2D eigenvalue weighted by Gasteiger charge is -2.28. The maximum absolute atomic E-state index is 15.1. The van der Waals surface area contributed by atoms with Gasteiger partial charge in [-0.3, -0.25) is 9.62 Å². The Kier molecular flexibility index (Phi) is 6.81. The van der Waals surface area contributed by atoms with Gasteiger partial charge in [0, 0.05) is 44.4 Å². The van der Waals surface area contributed by atoms with Crippen LogP contribution in [0.3, 0.4) is 0 Å². The fourth-order valence-corrected chi connectivity index (χ4v) is 4.93. The van der Waals surface area contributed by atoms with E-state index in [9.17, 15) is 22.4 Å². The van der Waals surface area contributed by atoms with Crippen molar-refractivity contribution in [1.29, 1.82) is 0 Å². The maximum atomic E-state index is 15.1. The molecule has 2 heterocycles. The number of nitrogens with zero attached hydrogens (tertiary/aromatic N) is 3. The average Bonchev–Trinajstić information content (AvgIpc) is 3.24. The first-order chi connectivity index (χ1) is 16.5. The summed E-state index contributed by atoms with van der Waals surface area (Å²) in [5.74, 6) is -0.433. The van der Waals surface area contributed by atoms with Crippen LogP contribution in [-0.2, 0) is 23.3 Å². The van der Waals surface area contributed by atoms with Gasteiger partial charge in [-0.2, -0.15) is 12.7 Å². The summed E-state index contributed by atoms with van der Waals surface area (Å²) in [6.07, 6.45) is -2.51. The number of carbonyl (C=O) groups is 2. The third kappa shape index (κ3) is 5.46. The van der Waals surface area contributed by atoms with E-state index in [1.54, 1.807) is 12.1 Å². The molecule has 10 nitrogen and oxygen atoms in total. The van der Waals surface area contributed by atoms with Gasteiger partial charge in [0.05, 0.1) is 18.8 Å². The molecule has 1 atom stereocenters. The molecule has 0 aliphatic carbocycles. The number of anilines is 1. The molecule has 0 saturated carbocycles. The Morgan fingerprint density at radius 2 is 2.06 bits per heavy atom. The van der Waals surface area contributed by atoms with E-state index in [0.717, 1.165) is 4.31 Å². The standard InChI is InChI=1S/C22H24F2N4O6S/c1-26(2)21(29)33-17-7-6-14-11-27(22(30)34-19(14)10-17)12-15-4-3-5-18(20(15)24)25-35(31,32)28-9-8-16(23)13-28/h3-7,10,16,25H,8-9,11-13H2,1-2H3. The molecule has 2 aromatic rings. The summed E-state index contributed by atoms with van der Waals surface area (Å²) in [7, 11) is -1.07. The number of amides is 2. The Labute approximate surface area is 201 Å². The minimum absolute atomic E-state index is 0.00684. The van der Waals surface area contributed by atoms with Crippen molar-refractivity contribution in [1.82, 2.24) is 14.1 Å². The monoisotopic (exact) mass is 510 g/mol. The van der Waals surface area contributed by atoms with Crippen LogP contribution in [0.1, 0.15) is 17.5 Å². The second kappa shape index (κ2) is 9.66. The highest BCUT2D eigenvalue weighted by molar-refractivity contribution is 7.90. The lowest BCUT2D eigenvalue weighted by atomic mass is 10.1. The number of halogens is 2. The van der Waals surface area contributed by atoms with E-state index in [1.165, 1.54) is 48.2 Å². The summed E-state index contributed by atoms with van der Waals surface area (Å²) in [5.41, 5.74) is 0.371. The number of rotatable bonds is 6. The predicted octanol–water partition coefficient (Wildman–Crippen LogP) is 3.10. The van der Waals surface area contributed by atoms with E-state index in [1.807, 2.05) is 0 Å². The number of ether oxygens (including phenoxy) is 2. The topological polar surface area (TPSA) is 108 Å². The van der Waals surface area contributed by atoms with Crippen molar-refractivity contribution < 1.29 is 36.3 Å². The maximum Gasteiger partial charge on any atom is 0.415 e. The molecule has 2 aliphatic heterocycles. The number of hydrogen-bond donors (Lipinski definition) is 1. The first-order valence-corrected chi connectivity index (χ1v) is 12.2. The molecule has 1 unspecified atom stereocenters. The molecule has 188 valence electrons. The SMILES string of the molecule is CN(C)C(=O)Oc1ccc2c(c1)OC(=O)N(Cc1cccc(NS(=O)(=O)N3CCC(F)C3)c1F)C2. The molecule has 35 heavy (non-hydrogen) atoms. The van der Waals surface area contributed by atoms with Gasteiger partial charge >= 0.3 is 22.4 Å². The molecular formula is C22H24F2N4O6S. The predicted molar refractivity (Wildman–Crippen MR) is 121 cm³/mol. The Balaban J connectivity index is 1.47. The van der Waals surface area contributed by atoms with E-state index in [-0.39, 0.29) is 55.3 Å². The van der Waals surface area contributed by atoms with E-state index in [2.05, 4.69) is 4.72 Å². The molecule has 0 radical (unpaired) electrons. The normalized spacial score (nSPS) is 18.1. The quantitative estimate of drug-likeness (QED) is 0.640. The number of nitrogens with one attached hydrogen (secondary N) is 1.